The lowest BCUT2D eigenvalue weighted by Crippen LogP contribution is -2.45. The first-order valence-electron chi connectivity index (χ1n) is 10.5. The molecule has 5 heteroatoms. The number of aryl methyl sites for hydroxylation is 1. The molecule has 0 aromatic heterocycles. The van der Waals surface area contributed by atoms with E-state index < -0.39 is 0 Å². The minimum Gasteiger partial charge on any atom is -0.356 e. The van der Waals surface area contributed by atoms with Gasteiger partial charge >= 0.3 is 0 Å². The first-order valence-corrected chi connectivity index (χ1v) is 10.9. The van der Waals surface area contributed by atoms with Gasteiger partial charge < -0.3 is 5.32 Å². The molecule has 3 nitrogen and oxygen atoms in total. The monoisotopic (exact) mass is 414 g/mol. The molecule has 1 amide bonds. The van der Waals surface area contributed by atoms with Crippen LogP contribution in [0.2, 0.25) is 5.02 Å². The normalized spacial score (nSPS) is 22.4. The number of hydrogen-bond acceptors (Lipinski definition) is 2. The van der Waals surface area contributed by atoms with Crippen LogP contribution < -0.4 is 5.32 Å². The summed E-state index contributed by atoms with van der Waals surface area (Å²) in [6.45, 7) is 4.85. The number of benzene rings is 2. The maximum Gasteiger partial charge on any atom is 0.224 e. The molecule has 1 aliphatic heterocycles. The fourth-order valence-electron chi connectivity index (χ4n) is 4.25. The van der Waals surface area contributed by atoms with E-state index in [1.165, 1.54) is 12.8 Å². The molecule has 2 aromatic carbocycles. The second-order valence-electron chi connectivity index (χ2n) is 8.61. The number of hydrogen-bond donors (Lipinski definition) is 1. The molecular formula is C24H28ClFN2O. The molecule has 0 spiro atoms. The van der Waals surface area contributed by atoms with Gasteiger partial charge in [0.15, 0.2) is 0 Å². The van der Waals surface area contributed by atoms with Crippen LogP contribution in [0, 0.1) is 24.6 Å². The summed E-state index contributed by atoms with van der Waals surface area (Å²) >= 11 is 6.38. The molecule has 1 heterocycles. The second-order valence-corrected chi connectivity index (χ2v) is 9.02. The molecule has 0 unspecified atom stereocenters. The Morgan fingerprint density at radius 1 is 1.21 bits per heavy atom. The lowest BCUT2D eigenvalue weighted by atomic mass is 9.83. The van der Waals surface area contributed by atoms with Gasteiger partial charge in [0.2, 0.25) is 5.91 Å². The maximum absolute atomic E-state index is 13.8. The third-order valence-electron chi connectivity index (χ3n) is 6.16. The molecule has 0 bridgehead atoms. The lowest BCUT2D eigenvalue weighted by Gasteiger charge is -2.37. The van der Waals surface area contributed by atoms with Crippen molar-refractivity contribution in [3.05, 3.63) is 70.0 Å². The smallest absolute Gasteiger partial charge is 0.224 e. The Kier molecular flexibility index (Phi) is 6.21. The van der Waals surface area contributed by atoms with Crippen LogP contribution in [0.3, 0.4) is 0 Å². The SMILES string of the molecule is Cc1cc([C@H]2C[C@@H](C(=O)NCC3CC3)CN(Cc3ccccc3Cl)C2)ccc1F. The zero-order chi connectivity index (χ0) is 20.4. The summed E-state index contributed by atoms with van der Waals surface area (Å²) in [5, 5.41) is 3.90. The van der Waals surface area contributed by atoms with Crippen molar-refractivity contribution >= 4 is 17.5 Å². The number of rotatable bonds is 6. The highest BCUT2D eigenvalue weighted by atomic mass is 35.5. The predicted octanol–water partition coefficient (Wildman–Crippen LogP) is 4.92. The predicted molar refractivity (Wildman–Crippen MR) is 114 cm³/mol. The van der Waals surface area contributed by atoms with Crippen LogP contribution in [0.25, 0.3) is 0 Å². The van der Waals surface area contributed by atoms with Gasteiger partial charge in [-0.3, -0.25) is 9.69 Å². The maximum atomic E-state index is 13.8. The summed E-state index contributed by atoms with van der Waals surface area (Å²) in [6.07, 6.45) is 3.24. The van der Waals surface area contributed by atoms with Gasteiger partial charge in [-0.1, -0.05) is 41.9 Å². The van der Waals surface area contributed by atoms with E-state index in [1.807, 2.05) is 36.4 Å². The van der Waals surface area contributed by atoms with Crippen molar-refractivity contribution in [3.8, 4) is 0 Å². The molecule has 1 saturated carbocycles. The number of piperidine rings is 1. The van der Waals surface area contributed by atoms with Crippen molar-refractivity contribution in [2.45, 2.75) is 38.6 Å². The van der Waals surface area contributed by atoms with Gasteiger partial charge in [0.25, 0.3) is 0 Å². The van der Waals surface area contributed by atoms with E-state index in [0.717, 1.165) is 42.2 Å². The minimum absolute atomic E-state index is 0.0691. The van der Waals surface area contributed by atoms with Crippen LogP contribution in [-0.2, 0) is 11.3 Å². The van der Waals surface area contributed by atoms with Crippen LogP contribution in [0.15, 0.2) is 42.5 Å². The van der Waals surface area contributed by atoms with Gasteiger partial charge in [0.1, 0.15) is 5.82 Å². The van der Waals surface area contributed by atoms with E-state index in [-0.39, 0.29) is 23.6 Å². The van der Waals surface area contributed by atoms with Gasteiger partial charge in [-0.2, -0.15) is 0 Å². The standard InChI is InChI=1S/C24H28ClFN2O/c1-16-10-18(8-9-23(16)26)20-11-21(24(29)27-12-17-6-7-17)15-28(14-20)13-19-4-2-3-5-22(19)25/h2-5,8-10,17,20-21H,6-7,11-15H2,1H3,(H,27,29)/t20-,21+/m0/s1. The summed E-state index contributed by atoms with van der Waals surface area (Å²) in [4.78, 5) is 15.2. The average molecular weight is 415 g/mol. The van der Waals surface area contributed by atoms with E-state index in [4.69, 9.17) is 11.6 Å². The Labute approximate surface area is 177 Å². The number of amides is 1. The molecule has 29 heavy (non-hydrogen) atoms. The zero-order valence-electron chi connectivity index (χ0n) is 16.8. The Balaban J connectivity index is 1.52. The number of carbonyl (C=O) groups is 1. The van der Waals surface area contributed by atoms with Crippen LogP contribution in [0.4, 0.5) is 4.39 Å². The highest BCUT2D eigenvalue weighted by Crippen LogP contribution is 2.33. The topological polar surface area (TPSA) is 32.3 Å². The molecule has 154 valence electrons. The van der Waals surface area contributed by atoms with Crippen LogP contribution in [-0.4, -0.2) is 30.4 Å². The molecule has 1 N–H and O–H groups in total. The number of likely N-dealkylation sites (tertiary alicyclic amines) is 1. The number of nitrogens with one attached hydrogen (secondary N) is 1. The van der Waals surface area contributed by atoms with E-state index in [2.05, 4.69) is 10.2 Å². The van der Waals surface area contributed by atoms with Gasteiger partial charge in [-0.25, -0.2) is 4.39 Å². The van der Waals surface area contributed by atoms with Crippen molar-refractivity contribution in [1.29, 1.82) is 0 Å². The van der Waals surface area contributed by atoms with Crippen molar-refractivity contribution in [1.82, 2.24) is 10.2 Å². The Bertz CT molecular complexity index is 883. The second kappa shape index (κ2) is 8.85. The molecule has 0 radical (unpaired) electrons. The summed E-state index contributed by atoms with van der Waals surface area (Å²) in [5.41, 5.74) is 2.83. The number of halogens is 2. The molecule has 2 aromatic rings. The Morgan fingerprint density at radius 3 is 2.72 bits per heavy atom. The average Bonchev–Trinajstić information content (AvgIpc) is 3.54. The van der Waals surface area contributed by atoms with E-state index in [0.29, 0.717) is 18.0 Å². The van der Waals surface area contributed by atoms with Crippen LogP contribution >= 0.6 is 11.6 Å². The summed E-state index contributed by atoms with van der Waals surface area (Å²) in [5.74, 6) is 0.751. The summed E-state index contributed by atoms with van der Waals surface area (Å²) in [7, 11) is 0. The zero-order valence-corrected chi connectivity index (χ0v) is 17.6. The van der Waals surface area contributed by atoms with Gasteiger partial charge in [-0.05, 0) is 66.8 Å². The first-order chi connectivity index (χ1) is 14.0. The van der Waals surface area contributed by atoms with Crippen molar-refractivity contribution in [2.75, 3.05) is 19.6 Å². The van der Waals surface area contributed by atoms with Crippen LogP contribution in [0.1, 0.15) is 41.9 Å². The third kappa shape index (κ3) is 5.18. The summed E-state index contributed by atoms with van der Waals surface area (Å²) < 4.78 is 13.8. The summed E-state index contributed by atoms with van der Waals surface area (Å²) in [6, 6.07) is 13.2. The van der Waals surface area contributed by atoms with E-state index in [1.54, 1.807) is 13.0 Å². The minimum atomic E-state index is -0.184. The molecule has 2 atom stereocenters. The molecule has 1 aliphatic carbocycles. The Hall–Kier alpha value is -1.91. The highest BCUT2D eigenvalue weighted by molar-refractivity contribution is 6.31. The first kappa shape index (κ1) is 20.4. The largest absolute Gasteiger partial charge is 0.356 e. The number of carbonyl (C=O) groups excluding carboxylic acids is 1. The molecule has 2 fully saturated rings. The van der Waals surface area contributed by atoms with Crippen molar-refractivity contribution in [2.24, 2.45) is 11.8 Å². The highest BCUT2D eigenvalue weighted by Gasteiger charge is 2.33. The third-order valence-corrected chi connectivity index (χ3v) is 6.53. The van der Waals surface area contributed by atoms with Crippen LogP contribution in [0.5, 0.6) is 0 Å². The van der Waals surface area contributed by atoms with Gasteiger partial charge in [0.05, 0.1) is 5.92 Å². The van der Waals surface area contributed by atoms with E-state index in [9.17, 15) is 9.18 Å². The van der Waals surface area contributed by atoms with Gasteiger partial charge in [-0.15, -0.1) is 0 Å². The van der Waals surface area contributed by atoms with Crippen molar-refractivity contribution in [3.63, 3.8) is 0 Å². The fraction of sp³-hybridized carbons (Fsp3) is 0.458. The molecule has 2 aliphatic rings. The quantitative estimate of drug-likeness (QED) is 0.727. The molecular weight excluding hydrogens is 387 g/mol. The Morgan fingerprint density at radius 2 is 2.00 bits per heavy atom. The van der Waals surface area contributed by atoms with Crippen molar-refractivity contribution < 1.29 is 9.18 Å². The molecule has 1 saturated heterocycles. The lowest BCUT2D eigenvalue weighted by molar-refractivity contribution is -0.127. The number of nitrogens with zero attached hydrogens (tertiary/aromatic N) is 1. The van der Waals surface area contributed by atoms with E-state index >= 15 is 0 Å². The molecule has 4 rings (SSSR count). The van der Waals surface area contributed by atoms with Gasteiger partial charge in [0, 0.05) is 31.2 Å². The fourth-order valence-corrected chi connectivity index (χ4v) is 4.45.